The average molecular weight is 305 g/mol. The molecule has 2 aromatic rings. The van der Waals surface area contributed by atoms with Crippen molar-refractivity contribution in [1.82, 2.24) is 9.97 Å². The molecule has 0 unspecified atom stereocenters. The minimum absolute atomic E-state index is 0.254. The highest BCUT2D eigenvalue weighted by atomic mass is 35.5. The van der Waals surface area contributed by atoms with Crippen molar-refractivity contribution in [2.45, 2.75) is 33.1 Å². The molecule has 0 radical (unpaired) electrons. The third-order valence-corrected chi connectivity index (χ3v) is 3.59. The van der Waals surface area contributed by atoms with Gasteiger partial charge in [0.05, 0.1) is 0 Å². The molecule has 3 N–H and O–H groups in total. The molecule has 0 aliphatic carbocycles. The van der Waals surface area contributed by atoms with Gasteiger partial charge in [-0.05, 0) is 31.0 Å². The number of hydrogen-bond acceptors (Lipinski definition) is 4. The Balaban J connectivity index is 2.04. The fraction of sp³-hybridized carbons (Fsp3) is 0.375. The SMILES string of the molecule is Cc1c(N)nc(C(C)C)nc1NCCc1ccc(Cl)cc1. The van der Waals surface area contributed by atoms with Gasteiger partial charge in [0.2, 0.25) is 0 Å². The van der Waals surface area contributed by atoms with Gasteiger partial charge in [-0.1, -0.05) is 37.6 Å². The largest absolute Gasteiger partial charge is 0.383 e. The summed E-state index contributed by atoms with van der Waals surface area (Å²) in [6.45, 7) is 6.84. The molecule has 0 saturated carbocycles. The molecule has 0 bridgehead atoms. The molecule has 0 aliphatic heterocycles. The number of halogens is 1. The summed E-state index contributed by atoms with van der Waals surface area (Å²) in [5.74, 6) is 2.39. The first-order valence-electron chi connectivity index (χ1n) is 7.09. The quantitative estimate of drug-likeness (QED) is 0.882. The van der Waals surface area contributed by atoms with Crippen LogP contribution in [-0.2, 0) is 6.42 Å². The third-order valence-electron chi connectivity index (χ3n) is 3.34. The van der Waals surface area contributed by atoms with Crippen LogP contribution >= 0.6 is 11.6 Å². The fourth-order valence-corrected chi connectivity index (χ4v) is 2.08. The first-order valence-corrected chi connectivity index (χ1v) is 7.47. The van der Waals surface area contributed by atoms with E-state index in [1.165, 1.54) is 5.56 Å². The molecule has 4 nitrogen and oxygen atoms in total. The van der Waals surface area contributed by atoms with Crippen LogP contribution in [0.15, 0.2) is 24.3 Å². The van der Waals surface area contributed by atoms with Gasteiger partial charge in [-0.3, -0.25) is 0 Å². The Morgan fingerprint density at radius 3 is 2.48 bits per heavy atom. The number of nitrogens with zero attached hydrogens (tertiary/aromatic N) is 2. The van der Waals surface area contributed by atoms with E-state index in [1.54, 1.807) is 0 Å². The maximum atomic E-state index is 5.95. The second kappa shape index (κ2) is 6.76. The summed E-state index contributed by atoms with van der Waals surface area (Å²) in [6.07, 6.45) is 0.900. The predicted molar refractivity (Wildman–Crippen MR) is 88.9 cm³/mol. The van der Waals surface area contributed by atoms with Crippen LogP contribution in [0, 0.1) is 6.92 Å². The summed E-state index contributed by atoms with van der Waals surface area (Å²) in [5, 5.41) is 4.11. The zero-order valence-electron chi connectivity index (χ0n) is 12.7. The standard InChI is InChI=1S/C16H21ClN4/c1-10(2)15-20-14(18)11(3)16(21-15)19-9-8-12-4-6-13(17)7-5-12/h4-7,10H,8-9H2,1-3H3,(H3,18,19,20,21). The second-order valence-electron chi connectivity index (χ2n) is 5.40. The van der Waals surface area contributed by atoms with Gasteiger partial charge in [-0.25, -0.2) is 9.97 Å². The lowest BCUT2D eigenvalue weighted by Gasteiger charge is -2.13. The minimum atomic E-state index is 0.254. The van der Waals surface area contributed by atoms with E-state index < -0.39 is 0 Å². The molecule has 0 aliphatic rings. The molecule has 2 rings (SSSR count). The second-order valence-corrected chi connectivity index (χ2v) is 5.84. The molecule has 0 saturated heterocycles. The smallest absolute Gasteiger partial charge is 0.135 e. The van der Waals surface area contributed by atoms with Gasteiger partial charge in [0.1, 0.15) is 17.5 Å². The van der Waals surface area contributed by atoms with E-state index in [0.29, 0.717) is 5.82 Å². The van der Waals surface area contributed by atoms with Crippen LogP contribution in [0.3, 0.4) is 0 Å². The van der Waals surface area contributed by atoms with Crippen LogP contribution in [0.2, 0.25) is 5.02 Å². The Bertz CT molecular complexity index is 608. The van der Waals surface area contributed by atoms with Crippen LogP contribution in [-0.4, -0.2) is 16.5 Å². The van der Waals surface area contributed by atoms with Crippen molar-refractivity contribution in [2.75, 3.05) is 17.6 Å². The predicted octanol–water partition coefficient (Wildman–Crippen LogP) is 3.80. The molecule has 112 valence electrons. The van der Waals surface area contributed by atoms with Crippen LogP contribution in [0.25, 0.3) is 0 Å². The lowest BCUT2D eigenvalue weighted by molar-refractivity contribution is 0.774. The number of nitrogens with two attached hydrogens (primary N) is 1. The van der Waals surface area contributed by atoms with Crippen molar-refractivity contribution >= 4 is 23.2 Å². The molecule has 0 atom stereocenters. The molecule has 1 heterocycles. The zero-order chi connectivity index (χ0) is 15.4. The van der Waals surface area contributed by atoms with E-state index in [0.717, 1.165) is 35.2 Å². The van der Waals surface area contributed by atoms with Crippen LogP contribution in [0.1, 0.15) is 36.7 Å². The Labute approximate surface area is 130 Å². The van der Waals surface area contributed by atoms with Crippen molar-refractivity contribution in [1.29, 1.82) is 0 Å². The highest BCUT2D eigenvalue weighted by molar-refractivity contribution is 6.30. The third kappa shape index (κ3) is 4.08. The van der Waals surface area contributed by atoms with Gasteiger partial charge in [0.25, 0.3) is 0 Å². The summed E-state index contributed by atoms with van der Waals surface area (Å²) in [7, 11) is 0. The molecule has 5 heteroatoms. The topological polar surface area (TPSA) is 63.8 Å². The van der Waals surface area contributed by atoms with E-state index in [1.807, 2.05) is 31.2 Å². The summed E-state index contributed by atoms with van der Waals surface area (Å²) >= 11 is 5.88. The summed E-state index contributed by atoms with van der Waals surface area (Å²) < 4.78 is 0. The number of nitrogen functional groups attached to an aromatic ring is 1. The Kier molecular flexibility index (Phi) is 5.02. The summed E-state index contributed by atoms with van der Waals surface area (Å²) in [5.41, 5.74) is 8.08. The Hall–Kier alpha value is -1.81. The molecular weight excluding hydrogens is 284 g/mol. The Morgan fingerprint density at radius 1 is 1.19 bits per heavy atom. The molecule has 0 spiro atoms. The monoisotopic (exact) mass is 304 g/mol. The molecule has 1 aromatic heterocycles. The van der Waals surface area contributed by atoms with E-state index in [9.17, 15) is 0 Å². The van der Waals surface area contributed by atoms with Gasteiger partial charge < -0.3 is 11.1 Å². The number of anilines is 2. The summed E-state index contributed by atoms with van der Waals surface area (Å²) in [6, 6.07) is 7.87. The number of hydrogen-bond donors (Lipinski definition) is 2. The van der Waals surface area contributed by atoms with E-state index >= 15 is 0 Å². The number of aromatic nitrogens is 2. The highest BCUT2D eigenvalue weighted by Gasteiger charge is 2.10. The first-order chi connectivity index (χ1) is 9.97. The van der Waals surface area contributed by atoms with Crippen molar-refractivity contribution in [3.63, 3.8) is 0 Å². The molecule has 21 heavy (non-hydrogen) atoms. The number of rotatable bonds is 5. The molecule has 0 amide bonds. The maximum Gasteiger partial charge on any atom is 0.135 e. The lowest BCUT2D eigenvalue weighted by atomic mass is 10.1. The van der Waals surface area contributed by atoms with E-state index in [4.69, 9.17) is 17.3 Å². The van der Waals surface area contributed by atoms with Gasteiger partial charge in [0, 0.05) is 23.0 Å². The van der Waals surface area contributed by atoms with Gasteiger partial charge in [-0.2, -0.15) is 0 Å². The lowest BCUT2D eigenvalue weighted by Crippen LogP contribution is -2.12. The van der Waals surface area contributed by atoms with Crippen molar-refractivity contribution in [3.8, 4) is 0 Å². The normalized spacial score (nSPS) is 10.9. The van der Waals surface area contributed by atoms with Gasteiger partial charge in [0.15, 0.2) is 0 Å². The first kappa shape index (κ1) is 15.6. The van der Waals surface area contributed by atoms with Gasteiger partial charge in [-0.15, -0.1) is 0 Å². The van der Waals surface area contributed by atoms with Crippen LogP contribution in [0.5, 0.6) is 0 Å². The minimum Gasteiger partial charge on any atom is -0.383 e. The summed E-state index contributed by atoms with van der Waals surface area (Å²) in [4.78, 5) is 8.88. The number of nitrogens with one attached hydrogen (secondary N) is 1. The molecule has 1 aromatic carbocycles. The highest BCUT2D eigenvalue weighted by Crippen LogP contribution is 2.21. The fourth-order valence-electron chi connectivity index (χ4n) is 1.96. The average Bonchev–Trinajstić information content (AvgIpc) is 2.45. The van der Waals surface area contributed by atoms with Crippen molar-refractivity contribution in [2.24, 2.45) is 0 Å². The van der Waals surface area contributed by atoms with Crippen molar-refractivity contribution in [3.05, 3.63) is 46.2 Å². The molecule has 0 fully saturated rings. The van der Waals surface area contributed by atoms with Crippen molar-refractivity contribution < 1.29 is 0 Å². The Morgan fingerprint density at radius 2 is 1.86 bits per heavy atom. The molecular formula is C16H21ClN4. The van der Waals surface area contributed by atoms with E-state index in [2.05, 4.69) is 29.1 Å². The van der Waals surface area contributed by atoms with Crippen LogP contribution < -0.4 is 11.1 Å². The van der Waals surface area contributed by atoms with Crippen LogP contribution in [0.4, 0.5) is 11.6 Å². The van der Waals surface area contributed by atoms with Gasteiger partial charge >= 0.3 is 0 Å². The number of benzene rings is 1. The van der Waals surface area contributed by atoms with E-state index in [-0.39, 0.29) is 5.92 Å². The zero-order valence-corrected chi connectivity index (χ0v) is 13.4. The maximum absolute atomic E-state index is 5.95.